The Kier molecular flexibility index (Phi) is 7.04. The minimum absolute atomic E-state index is 0.0839. The lowest BCUT2D eigenvalue weighted by Crippen LogP contribution is -2.48. The van der Waals surface area contributed by atoms with Crippen LogP contribution in [0.3, 0.4) is 0 Å². The molecule has 3 fully saturated rings. The molecular formula is C37H42O4. The van der Waals surface area contributed by atoms with Crippen molar-refractivity contribution in [2.75, 3.05) is 13.7 Å². The van der Waals surface area contributed by atoms with Crippen molar-refractivity contribution in [1.82, 2.24) is 0 Å². The van der Waals surface area contributed by atoms with E-state index in [4.69, 9.17) is 9.47 Å². The second kappa shape index (κ2) is 10.3. The zero-order valence-electron chi connectivity index (χ0n) is 25.0. The van der Waals surface area contributed by atoms with E-state index < -0.39 is 11.0 Å². The van der Waals surface area contributed by atoms with Gasteiger partial charge in [0.05, 0.1) is 13.7 Å². The average molecular weight is 551 g/mol. The highest BCUT2D eigenvalue weighted by Gasteiger charge is 2.61. The summed E-state index contributed by atoms with van der Waals surface area (Å²) in [7, 11) is 1.68. The molecule has 6 rings (SSSR count). The summed E-state index contributed by atoms with van der Waals surface area (Å²) in [4.78, 5) is 12.4. The third-order valence-corrected chi connectivity index (χ3v) is 10.3. The molecule has 41 heavy (non-hydrogen) atoms. The summed E-state index contributed by atoms with van der Waals surface area (Å²) < 4.78 is 12.3. The predicted octanol–water partition coefficient (Wildman–Crippen LogP) is 7.26. The molecule has 5 atom stereocenters. The Labute approximate surface area is 244 Å². The number of hydrogen-bond acceptors (Lipinski definition) is 4. The van der Waals surface area contributed by atoms with Gasteiger partial charge in [0.25, 0.3) is 0 Å². The van der Waals surface area contributed by atoms with Gasteiger partial charge in [-0.2, -0.15) is 0 Å². The molecule has 4 nitrogen and oxygen atoms in total. The summed E-state index contributed by atoms with van der Waals surface area (Å²) >= 11 is 0. The molecule has 4 heteroatoms. The fourth-order valence-electron chi connectivity index (χ4n) is 7.69. The van der Waals surface area contributed by atoms with Gasteiger partial charge in [-0.15, -0.1) is 0 Å². The largest absolute Gasteiger partial charge is 0.497 e. The average Bonchev–Trinajstić information content (AvgIpc) is 3.13. The normalized spacial score (nSPS) is 31.2. The minimum Gasteiger partial charge on any atom is -0.497 e. The Morgan fingerprint density at radius 2 is 1.78 bits per heavy atom. The van der Waals surface area contributed by atoms with Crippen molar-refractivity contribution < 1.29 is 19.4 Å². The van der Waals surface area contributed by atoms with Crippen molar-refractivity contribution in [3.63, 3.8) is 0 Å². The lowest BCUT2D eigenvalue weighted by Gasteiger charge is -2.42. The maximum atomic E-state index is 12.4. The van der Waals surface area contributed by atoms with E-state index in [1.807, 2.05) is 12.1 Å². The molecule has 1 heterocycles. The fraction of sp³-hybridized carbons (Fsp3) is 0.486. The zero-order valence-corrected chi connectivity index (χ0v) is 25.0. The zero-order chi connectivity index (χ0) is 29.0. The van der Waals surface area contributed by atoms with Crippen LogP contribution in [0.4, 0.5) is 0 Å². The van der Waals surface area contributed by atoms with Crippen molar-refractivity contribution in [3.8, 4) is 17.6 Å². The first-order chi connectivity index (χ1) is 19.5. The quantitative estimate of drug-likeness (QED) is 0.400. The molecule has 3 unspecified atom stereocenters. The first-order valence-electron chi connectivity index (χ1n) is 15.1. The SMILES string of the molecule is COc1ccc(C2OC[C@@]3(C)C(CC[C@@]3(O)C#Cc3ccc(C(C)(C)C)cc3)C3CC=C4CC(=O)CCC4=C23)cc1. The number of ketones is 1. The van der Waals surface area contributed by atoms with E-state index in [1.165, 1.54) is 22.3 Å². The molecular weight excluding hydrogens is 508 g/mol. The van der Waals surface area contributed by atoms with Gasteiger partial charge in [-0.25, -0.2) is 0 Å². The van der Waals surface area contributed by atoms with Crippen LogP contribution in [0, 0.1) is 29.1 Å². The standard InChI is InChI=1S/C37H42O4/c1-35(2,3)27-11-6-24(7-12-27)18-20-37(39)21-19-32-31-16-10-26-22-28(38)13-17-30(26)33(31)34(41-23-36(32,37)4)25-8-14-29(40-5)15-9-25/h6-12,14-15,31-32,34,39H,13,16-17,19,21-23H2,1-5H3/t31?,32?,34?,36-,37-/m0/s1. The Balaban J connectivity index is 1.39. The number of Topliss-reactive ketones (excluding diaryl/α,β-unsaturated/α-hetero) is 1. The summed E-state index contributed by atoms with van der Waals surface area (Å²) in [6, 6.07) is 16.6. The minimum atomic E-state index is -1.16. The molecule has 0 spiro atoms. The number of aliphatic hydroxyl groups is 1. The van der Waals surface area contributed by atoms with Gasteiger partial charge in [0, 0.05) is 23.8 Å². The Hall–Kier alpha value is -3.13. The molecule has 1 aliphatic heterocycles. The predicted molar refractivity (Wildman–Crippen MR) is 162 cm³/mol. The van der Waals surface area contributed by atoms with E-state index in [9.17, 15) is 9.90 Å². The smallest absolute Gasteiger partial charge is 0.137 e. The van der Waals surface area contributed by atoms with Gasteiger partial charge in [-0.3, -0.25) is 4.79 Å². The number of benzene rings is 2. The Morgan fingerprint density at radius 1 is 1.05 bits per heavy atom. The number of hydrogen-bond donors (Lipinski definition) is 1. The Bertz CT molecular complexity index is 1460. The third-order valence-electron chi connectivity index (χ3n) is 10.3. The lowest BCUT2D eigenvalue weighted by atomic mass is 9.62. The number of fused-ring (bicyclic) bond motifs is 4. The molecule has 214 valence electrons. The van der Waals surface area contributed by atoms with Gasteiger partial charge < -0.3 is 14.6 Å². The van der Waals surface area contributed by atoms with Crippen molar-refractivity contribution in [2.45, 2.75) is 83.3 Å². The van der Waals surface area contributed by atoms with Crippen LogP contribution in [-0.4, -0.2) is 30.2 Å². The van der Waals surface area contributed by atoms with Crippen molar-refractivity contribution >= 4 is 5.78 Å². The number of carbonyl (C=O) groups is 1. The van der Waals surface area contributed by atoms with E-state index in [2.05, 4.69) is 82.0 Å². The van der Waals surface area contributed by atoms with Crippen LogP contribution >= 0.6 is 0 Å². The number of ether oxygens (including phenoxy) is 2. The fourth-order valence-corrected chi connectivity index (χ4v) is 7.69. The topological polar surface area (TPSA) is 55.8 Å². The van der Waals surface area contributed by atoms with Gasteiger partial charge in [0.1, 0.15) is 23.2 Å². The molecule has 4 aliphatic rings. The van der Waals surface area contributed by atoms with Gasteiger partial charge in [0.15, 0.2) is 0 Å². The molecule has 1 saturated heterocycles. The van der Waals surface area contributed by atoms with Gasteiger partial charge >= 0.3 is 0 Å². The molecule has 1 N–H and O–H groups in total. The van der Waals surface area contributed by atoms with E-state index in [0.717, 1.165) is 36.1 Å². The maximum absolute atomic E-state index is 12.4. The second-order valence-corrected chi connectivity index (χ2v) is 13.7. The molecule has 0 bridgehead atoms. The summed E-state index contributed by atoms with van der Waals surface area (Å²) in [5.41, 5.74) is 5.50. The van der Waals surface area contributed by atoms with Gasteiger partial charge in [0.2, 0.25) is 0 Å². The number of allylic oxidation sites excluding steroid dienone is 3. The van der Waals surface area contributed by atoms with E-state index in [-0.39, 0.29) is 23.4 Å². The number of rotatable bonds is 2. The summed E-state index contributed by atoms with van der Waals surface area (Å²) in [5, 5.41) is 12.3. The van der Waals surface area contributed by atoms with Crippen LogP contribution in [0.1, 0.15) is 89.0 Å². The molecule has 0 amide bonds. The van der Waals surface area contributed by atoms with Crippen molar-refractivity contribution in [1.29, 1.82) is 0 Å². The van der Waals surface area contributed by atoms with Gasteiger partial charge in [-0.1, -0.05) is 69.9 Å². The van der Waals surface area contributed by atoms with Gasteiger partial charge in [-0.05, 0) is 95.0 Å². The maximum Gasteiger partial charge on any atom is 0.137 e. The molecule has 0 radical (unpaired) electrons. The highest BCUT2D eigenvalue weighted by molar-refractivity contribution is 5.84. The molecule has 0 aromatic heterocycles. The molecule has 2 aromatic carbocycles. The molecule has 2 saturated carbocycles. The number of carbonyl (C=O) groups excluding carboxylic acids is 1. The number of methoxy groups -OCH3 is 1. The van der Waals surface area contributed by atoms with Crippen LogP contribution in [-0.2, 0) is 14.9 Å². The highest BCUT2D eigenvalue weighted by Crippen LogP contribution is 2.61. The van der Waals surface area contributed by atoms with Crippen molar-refractivity contribution in [3.05, 3.63) is 88.0 Å². The van der Waals surface area contributed by atoms with Crippen LogP contribution in [0.15, 0.2) is 71.3 Å². The van der Waals surface area contributed by atoms with Crippen LogP contribution in [0.2, 0.25) is 0 Å². The van der Waals surface area contributed by atoms with Crippen molar-refractivity contribution in [2.24, 2.45) is 17.3 Å². The van der Waals surface area contributed by atoms with Crippen LogP contribution in [0.25, 0.3) is 0 Å². The molecule has 2 aromatic rings. The highest BCUT2D eigenvalue weighted by atomic mass is 16.5. The van der Waals surface area contributed by atoms with E-state index in [1.54, 1.807) is 7.11 Å². The first kappa shape index (κ1) is 28.0. The summed E-state index contributed by atoms with van der Waals surface area (Å²) in [6.45, 7) is 9.23. The molecule has 3 aliphatic carbocycles. The first-order valence-corrected chi connectivity index (χ1v) is 15.1. The summed E-state index contributed by atoms with van der Waals surface area (Å²) in [5.74, 6) is 8.29. The monoisotopic (exact) mass is 550 g/mol. The summed E-state index contributed by atoms with van der Waals surface area (Å²) in [6.07, 6.45) is 6.36. The van der Waals surface area contributed by atoms with Crippen LogP contribution in [0.5, 0.6) is 5.75 Å². The van der Waals surface area contributed by atoms with Crippen LogP contribution < -0.4 is 4.74 Å². The Morgan fingerprint density at radius 3 is 2.46 bits per heavy atom. The van der Waals surface area contributed by atoms with E-state index in [0.29, 0.717) is 31.7 Å². The third kappa shape index (κ3) is 4.88. The second-order valence-electron chi connectivity index (χ2n) is 13.7. The van der Waals surface area contributed by atoms with E-state index >= 15 is 0 Å². The lowest BCUT2D eigenvalue weighted by molar-refractivity contribution is -0.118.